The first-order valence-corrected chi connectivity index (χ1v) is 7.52. The van der Waals surface area contributed by atoms with Gasteiger partial charge in [-0.05, 0) is 37.5 Å². The van der Waals surface area contributed by atoms with E-state index in [1.165, 1.54) is 0 Å². The Labute approximate surface area is 125 Å². The van der Waals surface area contributed by atoms with Gasteiger partial charge in [0.2, 0.25) is 5.91 Å². The van der Waals surface area contributed by atoms with E-state index >= 15 is 0 Å². The van der Waals surface area contributed by atoms with E-state index in [2.05, 4.69) is 22.9 Å². The molecule has 5 heteroatoms. The van der Waals surface area contributed by atoms with E-state index in [0.29, 0.717) is 18.5 Å². The smallest absolute Gasteiger partial charge is 0.253 e. The van der Waals surface area contributed by atoms with Crippen LogP contribution in [0.15, 0.2) is 18.2 Å². The lowest BCUT2D eigenvalue weighted by molar-refractivity contribution is -0.119. The molecule has 1 aromatic carbocycles. The highest BCUT2D eigenvalue weighted by Crippen LogP contribution is 2.18. The van der Waals surface area contributed by atoms with Gasteiger partial charge >= 0.3 is 0 Å². The van der Waals surface area contributed by atoms with E-state index in [1.54, 1.807) is 0 Å². The first-order valence-electron chi connectivity index (χ1n) is 7.52. The Morgan fingerprint density at radius 3 is 2.90 bits per heavy atom. The average molecular weight is 289 g/mol. The molecule has 0 aliphatic carbocycles. The Hall–Kier alpha value is -2.04. The first kappa shape index (κ1) is 15.4. The highest BCUT2D eigenvalue weighted by atomic mass is 16.2. The number of carbonyl (C=O) groups excluding carboxylic acids is 2. The Morgan fingerprint density at radius 2 is 2.24 bits per heavy atom. The fourth-order valence-electron chi connectivity index (χ4n) is 2.40. The summed E-state index contributed by atoms with van der Waals surface area (Å²) in [6, 6.07) is 5.82. The molecule has 0 radical (unpaired) electrons. The van der Waals surface area contributed by atoms with E-state index in [4.69, 9.17) is 0 Å². The molecule has 1 aliphatic rings. The molecule has 3 N–H and O–H groups in total. The van der Waals surface area contributed by atoms with Crippen molar-refractivity contribution in [1.29, 1.82) is 0 Å². The van der Waals surface area contributed by atoms with Gasteiger partial charge in [0.25, 0.3) is 5.91 Å². The SMILES string of the molecule is CCCNc1cc(C)ccc1C(=O)NCC1CCC(=O)N1. The molecule has 2 rings (SSSR count). The first-order chi connectivity index (χ1) is 10.1. The second-order valence-electron chi connectivity index (χ2n) is 5.49. The molecule has 21 heavy (non-hydrogen) atoms. The van der Waals surface area contributed by atoms with Gasteiger partial charge < -0.3 is 16.0 Å². The molecule has 0 aromatic heterocycles. The van der Waals surface area contributed by atoms with Gasteiger partial charge in [-0.25, -0.2) is 0 Å². The fraction of sp³-hybridized carbons (Fsp3) is 0.500. The van der Waals surface area contributed by atoms with Crippen LogP contribution in [0.2, 0.25) is 0 Å². The van der Waals surface area contributed by atoms with Crippen molar-refractivity contribution in [3.05, 3.63) is 29.3 Å². The van der Waals surface area contributed by atoms with Crippen LogP contribution in [0, 0.1) is 6.92 Å². The van der Waals surface area contributed by atoms with Crippen molar-refractivity contribution < 1.29 is 9.59 Å². The average Bonchev–Trinajstić information content (AvgIpc) is 2.88. The summed E-state index contributed by atoms with van der Waals surface area (Å²) in [5.41, 5.74) is 2.64. The van der Waals surface area contributed by atoms with Crippen molar-refractivity contribution in [1.82, 2.24) is 10.6 Å². The maximum Gasteiger partial charge on any atom is 0.253 e. The Morgan fingerprint density at radius 1 is 1.43 bits per heavy atom. The number of rotatable bonds is 6. The minimum absolute atomic E-state index is 0.0546. The number of hydrogen-bond acceptors (Lipinski definition) is 3. The summed E-state index contributed by atoms with van der Waals surface area (Å²) in [6.07, 6.45) is 2.34. The van der Waals surface area contributed by atoms with Crippen LogP contribution in [-0.4, -0.2) is 30.9 Å². The van der Waals surface area contributed by atoms with Crippen molar-refractivity contribution in [2.24, 2.45) is 0 Å². The zero-order valence-electron chi connectivity index (χ0n) is 12.7. The van der Waals surface area contributed by atoms with E-state index < -0.39 is 0 Å². The highest BCUT2D eigenvalue weighted by molar-refractivity contribution is 5.99. The highest BCUT2D eigenvalue weighted by Gasteiger charge is 2.21. The van der Waals surface area contributed by atoms with Crippen molar-refractivity contribution >= 4 is 17.5 Å². The van der Waals surface area contributed by atoms with Crippen LogP contribution in [-0.2, 0) is 4.79 Å². The van der Waals surface area contributed by atoms with Crippen LogP contribution in [0.1, 0.15) is 42.1 Å². The number of nitrogens with one attached hydrogen (secondary N) is 3. The number of anilines is 1. The predicted octanol–water partition coefficient (Wildman–Crippen LogP) is 1.83. The lowest BCUT2D eigenvalue weighted by atomic mass is 10.1. The molecule has 1 aromatic rings. The minimum atomic E-state index is -0.102. The van der Waals surface area contributed by atoms with E-state index in [9.17, 15) is 9.59 Å². The van der Waals surface area contributed by atoms with Gasteiger partial charge in [-0.2, -0.15) is 0 Å². The van der Waals surface area contributed by atoms with Crippen molar-refractivity contribution in [3.8, 4) is 0 Å². The van der Waals surface area contributed by atoms with Gasteiger partial charge in [-0.1, -0.05) is 13.0 Å². The lowest BCUT2D eigenvalue weighted by Gasteiger charge is -2.15. The van der Waals surface area contributed by atoms with Crippen LogP contribution < -0.4 is 16.0 Å². The second-order valence-corrected chi connectivity index (χ2v) is 5.49. The van der Waals surface area contributed by atoms with Crippen LogP contribution in [0.5, 0.6) is 0 Å². The normalized spacial score (nSPS) is 17.4. The summed E-state index contributed by atoms with van der Waals surface area (Å²) in [7, 11) is 0. The van der Waals surface area contributed by atoms with Crippen LogP contribution >= 0.6 is 0 Å². The zero-order valence-corrected chi connectivity index (χ0v) is 12.7. The molecule has 0 spiro atoms. The van der Waals surface area contributed by atoms with E-state index in [1.807, 2.05) is 25.1 Å². The van der Waals surface area contributed by atoms with Gasteiger partial charge in [-0.15, -0.1) is 0 Å². The molecule has 5 nitrogen and oxygen atoms in total. The topological polar surface area (TPSA) is 70.2 Å². The number of aryl methyl sites for hydroxylation is 1. The molecule has 1 aliphatic heterocycles. The maximum absolute atomic E-state index is 12.3. The monoisotopic (exact) mass is 289 g/mol. The standard InChI is InChI=1S/C16H23N3O2/c1-3-8-17-14-9-11(2)4-6-13(14)16(21)18-10-12-5-7-15(20)19-12/h4,6,9,12,17H,3,5,7-8,10H2,1-2H3,(H,18,21)(H,19,20). The van der Waals surface area contributed by atoms with Crippen LogP contribution in [0.3, 0.4) is 0 Å². The fourth-order valence-corrected chi connectivity index (χ4v) is 2.40. The van der Waals surface area contributed by atoms with Crippen molar-refractivity contribution in [3.63, 3.8) is 0 Å². The number of amides is 2. The molecule has 114 valence electrons. The summed E-state index contributed by atoms with van der Waals surface area (Å²) in [6.45, 7) is 5.41. The Balaban J connectivity index is 1.99. The molecule has 1 heterocycles. The molecule has 2 amide bonds. The molecule has 1 atom stereocenters. The summed E-state index contributed by atoms with van der Waals surface area (Å²) in [5, 5.41) is 9.04. The van der Waals surface area contributed by atoms with Gasteiger partial charge in [-0.3, -0.25) is 9.59 Å². The second kappa shape index (κ2) is 7.11. The number of carbonyl (C=O) groups is 2. The van der Waals surface area contributed by atoms with Gasteiger partial charge in [0.1, 0.15) is 0 Å². The summed E-state index contributed by atoms with van der Waals surface area (Å²) >= 11 is 0. The minimum Gasteiger partial charge on any atom is -0.384 e. The molecular weight excluding hydrogens is 266 g/mol. The molecule has 0 saturated carbocycles. The van der Waals surface area contributed by atoms with Gasteiger partial charge in [0, 0.05) is 31.2 Å². The van der Waals surface area contributed by atoms with E-state index in [0.717, 1.165) is 30.6 Å². The summed E-state index contributed by atoms with van der Waals surface area (Å²) < 4.78 is 0. The third kappa shape index (κ3) is 4.21. The van der Waals surface area contributed by atoms with Crippen molar-refractivity contribution in [2.75, 3.05) is 18.4 Å². The number of benzene rings is 1. The molecule has 1 fully saturated rings. The Bertz CT molecular complexity index is 528. The number of hydrogen-bond donors (Lipinski definition) is 3. The molecule has 0 bridgehead atoms. The zero-order chi connectivity index (χ0) is 15.2. The van der Waals surface area contributed by atoms with Gasteiger partial charge in [0.15, 0.2) is 0 Å². The van der Waals surface area contributed by atoms with E-state index in [-0.39, 0.29) is 17.9 Å². The van der Waals surface area contributed by atoms with Crippen LogP contribution in [0.25, 0.3) is 0 Å². The molecule has 1 saturated heterocycles. The summed E-state index contributed by atoms with van der Waals surface area (Å²) in [5.74, 6) is -0.0374. The third-order valence-corrected chi connectivity index (χ3v) is 3.58. The van der Waals surface area contributed by atoms with Crippen molar-refractivity contribution in [2.45, 2.75) is 39.2 Å². The third-order valence-electron chi connectivity index (χ3n) is 3.58. The summed E-state index contributed by atoms with van der Waals surface area (Å²) in [4.78, 5) is 23.5. The Kier molecular flexibility index (Phi) is 5.20. The van der Waals surface area contributed by atoms with Gasteiger partial charge in [0.05, 0.1) is 5.56 Å². The molecular formula is C16H23N3O2. The quantitative estimate of drug-likeness (QED) is 0.748. The lowest BCUT2D eigenvalue weighted by Crippen LogP contribution is -2.38. The largest absolute Gasteiger partial charge is 0.384 e. The predicted molar refractivity (Wildman–Crippen MR) is 83.5 cm³/mol. The van der Waals surface area contributed by atoms with Crippen LogP contribution in [0.4, 0.5) is 5.69 Å². The maximum atomic E-state index is 12.3. The molecule has 1 unspecified atom stereocenters.